The highest BCUT2D eigenvalue weighted by atomic mass is 16.5. The van der Waals surface area contributed by atoms with Gasteiger partial charge in [0.1, 0.15) is 28.6 Å². The summed E-state index contributed by atoms with van der Waals surface area (Å²) in [6.07, 6.45) is 8.37. The Labute approximate surface area is 367 Å². The predicted molar refractivity (Wildman–Crippen MR) is 260 cm³/mol. The largest absolute Gasteiger partial charge is 0.482 e. The van der Waals surface area contributed by atoms with Crippen LogP contribution in [0.4, 0.5) is 0 Å². The molecule has 0 radical (unpaired) electrons. The van der Waals surface area contributed by atoms with Crippen LogP contribution in [0.25, 0.3) is 105 Å². The molecule has 0 N–H and O–H groups in total. The average molecular weight is 821 g/mol. The lowest BCUT2D eigenvalue weighted by molar-refractivity contribution is 0.278. The van der Waals surface area contributed by atoms with E-state index >= 15 is 0 Å². The van der Waals surface area contributed by atoms with Crippen LogP contribution < -0.4 is 4.74 Å². The quantitative estimate of drug-likeness (QED) is 0.174. The lowest BCUT2D eigenvalue weighted by atomic mass is 9.76. The number of fused-ring (bicyclic) bond motifs is 13. The molecule has 0 fully saturated rings. The van der Waals surface area contributed by atoms with Gasteiger partial charge < -0.3 is 18.1 Å². The molecule has 5 heterocycles. The molecular formula is C59H36N2O3. The zero-order valence-corrected chi connectivity index (χ0v) is 34.4. The Kier molecular flexibility index (Phi) is 7.45. The lowest BCUT2D eigenvalue weighted by Crippen LogP contribution is -2.23. The van der Waals surface area contributed by atoms with E-state index in [0.29, 0.717) is 0 Å². The number of furan rings is 2. The summed E-state index contributed by atoms with van der Waals surface area (Å²) >= 11 is 0. The summed E-state index contributed by atoms with van der Waals surface area (Å²) < 4.78 is 23.2. The first-order chi connectivity index (χ1) is 31.8. The third-order valence-electron chi connectivity index (χ3n) is 13.5. The van der Waals surface area contributed by atoms with E-state index in [0.717, 1.165) is 127 Å². The molecule has 5 heteroatoms. The van der Waals surface area contributed by atoms with Gasteiger partial charge in [-0.25, -0.2) is 0 Å². The van der Waals surface area contributed by atoms with E-state index in [-0.39, 0.29) is 12.0 Å². The van der Waals surface area contributed by atoms with Crippen molar-refractivity contribution in [2.45, 2.75) is 12.0 Å². The van der Waals surface area contributed by atoms with E-state index in [1.807, 2.05) is 30.6 Å². The second-order valence-electron chi connectivity index (χ2n) is 16.9. The molecule has 1 aliphatic heterocycles. The van der Waals surface area contributed by atoms with E-state index in [4.69, 9.17) is 18.6 Å². The van der Waals surface area contributed by atoms with Crippen molar-refractivity contribution in [3.63, 3.8) is 0 Å². The van der Waals surface area contributed by atoms with E-state index < -0.39 is 0 Å². The van der Waals surface area contributed by atoms with Gasteiger partial charge in [0, 0.05) is 78.5 Å². The zero-order chi connectivity index (χ0) is 41.9. The second-order valence-corrected chi connectivity index (χ2v) is 16.9. The Hall–Kier alpha value is -8.41. The fourth-order valence-corrected chi connectivity index (χ4v) is 10.7. The number of ether oxygens (including phenoxy) is 1. The van der Waals surface area contributed by atoms with Crippen molar-refractivity contribution in [3.05, 3.63) is 223 Å². The molecule has 300 valence electrons. The van der Waals surface area contributed by atoms with Crippen molar-refractivity contribution in [2.24, 2.45) is 0 Å². The van der Waals surface area contributed by atoms with Gasteiger partial charge in [-0.05, 0) is 64.7 Å². The number of hydrogen-bond donors (Lipinski definition) is 0. The molecule has 0 spiro atoms. The van der Waals surface area contributed by atoms with Crippen molar-refractivity contribution in [3.8, 4) is 33.7 Å². The van der Waals surface area contributed by atoms with Gasteiger partial charge >= 0.3 is 0 Å². The predicted octanol–water partition coefficient (Wildman–Crippen LogP) is 15.3. The first kappa shape index (κ1) is 35.2. The van der Waals surface area contributed by atoms with Gasteiger partial charge in [0.05, 0.1) is 16.7 Å². The molecule has 0 saturated heterocycles. The van der Waals surface area contributed by atoms with E-state index in [2.05, 4.69) is 181 Å². The van der Waals surface area contributed by atoms with E-state index in [1.54, 1.807) is 0 Å². The van der Waals surface area contributed by atoms with Crippen LogP contribution >= 0.6 is 0 Å². The number of benzene rings is 8. The topological polar surface area (TPSA) is 53.3 Å². The van der Waals surface area contributed by atoms with Crippen molar-refractivity contribution < 1.29 is 13.6 Å². The van der Waals surface area contributed by atoms with E-state index in [1.165, 1.54) is 0 Å². The Morgan fingerprint density at radius 1 is 0.484 bits per heavy atom. The summed E-state index contributed by atoms with van der Waals surface area (Å²) in [7, 11) is 0. The molecule has 1 aliphatic carbocycles. The first-order valence-electron chi connectivity index (χ1n) is 21.8. The monoisotopic (exact) mass is 820 g/mol. The minimum Gasteiger partial charge on any atom is -0.482 e. The second kappa shape index (κ2) is 13.5. The Morgan fingerprint density at radius 3 is 1.89 bits per heavy atom. The molecule has 64 heavy (non-hydrogen) atoms. The van der Waals surface area contributed by atoms with Crippen molar-refractivity contribution >= 4 is 76.8 Å². The van der Waals surface area contributed by atoms with Gasteiger partial charge in [-0.3, -0.25) is 4.98 Å². The van der Waals surface area contributed by atoms with Gasteiger partial charge in [0.2, 0.25) is 0 Å². The molecule has 14 rings (SSSR count). The molecule has 5 nitrogen and oxygen atoms in total. The summed E-state index contributed by atoms with van der Waals surface area (Å²) in [4.78, 5) is 4.88. The van der Waals surface area contributed by atoms with Crippen LogP contribution in [0.1, 0.15) is 22.6 Å². The first-order valence-corrected chi connectivity index (χ1v) is 21.8. The molecule has 0 bridgehead atoms. The van der Waals surface area contributed by atoms with Crippen molar-refractivity contribution in [2.75, 3.05) is 0 Å². The van der Waals surface area contributed by atoms with E-state index in [9.17, 15) is 0 Å². The number of pyridine rings is 1. The summed E-state index contributed by atoms with van der Waals surface area (Å²) in [5, 5.41) is 6.66. The number of allylic oxidation sites excluding steroid dienone is 2. The van der Waals surface area contributed by atoms with Gasteiger partial charge in [-0.2, -0.15) is 0 Å². The molecule has 4 aromatic heterocycles. The standard InChI is InChI=1S/C59H36N2O3/c1-3-14-35(15-4-1)47-33-60-34-48(36-16-5-2-6-17-36)55(47)45-30-29-44-42-21-13-23-50(57(42)64-58(44)54(45)37-26-31-53-46(32-37)40-20-9-11-24-51(40)62-53)61-49-22-10-7-18-38(49)41-27-28-43-39-19-8-12-25-52(39)63-59(43)56(41)61/h1-34,44,58H. The van der Waals surface area contributed by atoms with Crippen LogP contribution in [-0.4, -0.2) is 15.7 Å². The fraction of sp³-hybridized carbons (Fsp3) is 0.0339. The minimum atomic E-state index is -0.355. The van der Waals surface area contributed by atoms with Crippen LogP contribution in [0.2, 0.25) is 0 Å². The van der Waals surface area contributed by atoms with Crippen LogP contribution in [0.5, 0.6) is 5.75 Å². The smallest absolute Gasteiger partial charge is 0.160 e. The van der Waals surface area contributed by atoms with Gasteiger partial charge in [-0.15, -0.1) is 0 Å². The SMILES string of the molecule is C1=CC2c3cccc(-n4c5ccccc5c5ccc6c7ccccc7oc6c54)c3OC2C(c2ccc3oc4ccccc4c3c2)=C1c1c(-c2ccccc2)cncc1-c1ccccc1. The molecule has 0 amide bonds. The zero-order valence-electron chi connectivity index (χ0n) is 34.4. The fourth-order valence-electron chi connectivity index (χ4n) is 10.7. The highest BCUT2D eigenvalue weighted by Gasteiger charge is 2.42. The van der Waals surface area contributed by atoms with Gasteiger partial charge in [0.15, 0.2) is 5.58 Å². The van der Waals surface area contributed by atoms with Gasteiger partial charge in [-0.1, -0.05) is 152 Å². The number of hydrogen-bond acceptors (Lipinski definition) is 4. The van der Waals surface area contributed by atoms with Crippen molar-refractivity contribution in [1.29, 1.82) is 0 Å². The molecule has 0 saturated carbocycles. The summed E-state index contributed by atoms with van der Waals surface area (Å²) in [6.45, 7) is 0. The molecule has 8 aromatic carbocycles. The number of nitrogens with zero attached hydrogens (tertiary/aromatic N) is 2. The number of para-hydroxylation sites is 4. The van der Waals surface area contributed by atoms with Crippen molar-refractivity contribution in [1.82, 2.24) is 9.55 Å². The number of rotatable bonds is 5. The third-order valence-corrected chi connectivity index (χ3v) is 13.5. The lowest BCUT2D eigenvalue weighted by Gasteiger charge is -2.29. The summed E-state index contributed by atoms with van der Waals surface area (Å²) in [6, 6.07) is 64.2. The molecule has 2 unspecified atom stereocenters. The highest BCUT2D eigenvalue weighted by Crippen LogP contribution is 2.54. The van der Waals surface area contributed by atoms with Gasteiger partial charge in [0.25, 0.3) is 0 Å². The minimum absolute atomic E-state index is 0.0630. The maximum Gasteiger partial charge on any atom is 0.160 e. The molecular weight excluding hydrogens is 785 g/mol. The van der Waals surface area contributed by atoms with Crippen LogP contribution in [-0.2, 0) is 0 Å². The summed E-state index contributed by atoms with van der Waals surface area (Å²) in [5.74, 6) is 0.805. The Balaban J connectivity index is 1.04. The summed E-state index contributed by atoms with van der Waals surface area (Å²) in [5.41, 5.74) is 16.5. The highest BCUT2D eigenvalue weighted by molar-refractivity contribution is 6.21. The Morgan fingerprint density at radius 2 is 1.12 bits per heavy atom. The maximum absolute atomic E-state index is 7.63. The normalized spacial score (nSPS) is 15.8. The maximum atomic E-state index is 7.63. The molecule has 2 aliphatic rings. The van der Waals surface area contributed by atoms with Crippen LogP contribution in [0.3, 0.4) is 0 Å². The van der Waals surface area contributed by atoms with Crippen LogP contribution in [0.15, 0.2) is 215 Å². The average Bonchev–Trinajstić information content (AvgIpc) is 4.13. The Bertz CT molecular complexity index is 3880. The molecule has 12 aromatic rings. The number of aromatic nitrogens is 2. The van der Waals surface area contributed by atoms with Crippen LogP contribution in [0, 0.1) is 0 Å². The molecule has 2 atom stereocenters. The third kappa shape index (κ3) is 5.03.